The first-order valence-corrected chi connectivity index (χ1v) is 6.09. The summed E-state index contributed by atoms with van der Waals surface area (Å²) in [5, 5.41) is 6.51. The van der Waals surface area contributed by atoms with Gasteiger partial charge in [0.25, 0.3) is 5.91 Å². The predicted molar refractivity (Wildman–Crippen MR) is 62.1 cm³/mol. The lowest BCUT2D eigenvalue weighted by atomic mass is 9.98. The van der Waals surface area contributed by atoms with Crippen molar-refractivity contribution in [3.63, 3.8) is 0 Å². The average molecular weight is 221 g/mol. The summed E-state index contributed by atoms with van der Waals surface area (Å²) in [5.41, 5.74) is 0.676. The molecule has 2 heterocycles. The van der Waals surface area contributed by atoms with Crippen LogP contribution in [0.3, 0.4) is 0 Å². The zero-order chi connectivity index (χ0) is 11.4. The summed E-state index contributed by atoms with van der Waals surface area (Å²) in [6.07, 6.45) is 8.02. The van der Waals surface area contributed by atoms with Gasteiger partial charge in [0.05, 0.1) is 11.8 Å². The Labute approximate surface area is 96.0 Å². The fraction of sp³-hybridized carbons (Fsp3) is 0.667. The maximum atomic E-state index is 12.1. The second kappa shape index (κ2) is 5.14. The van der Waals surface area contributed by atoms with E-state index in [1.165, 1.54) is 12.8 Å². The number of nitrogens with one attached hydrogen (secondary N) is 1. The first kappa shape index (κ1) is 11.2. The number of hydrogen-bond acceptors (Lipinski definition) is 2. The van der Waals surface area contributed by atoms with Gasteiger partial charge >= 0.3 is 0 Å². The number of rotatable bonds is 2. The third-order valence-electron chi connectivity index (χ3n) is 3.46. The first-order valence-electron chi connectivity index (χ1n) is 6.09. The summed E-state index contributed by atoms with van der Waals surface area (Å²) in [5.74, 6) is 0.910. The van der Waals surface area contributed by atoms with Gasteiger partial charge in [0, 0.05) is 19.3 Å². The summed E-state index contributed by atoms with van der Waals surface area (Å²) in [4.78, 5) is 14.0. The lowest BCUT2D eigenvalue weighted by Gasteiger charge is -2.19. The molecule has 16 heavy (non-hydrogen) atoms. The van der Waals surface area contributed by atoms with Crippen molar-refractivity contribution < 1.29 is 4.79 Å². The van der Waals surface area contributed by atoms with Gasteiger partial charge in [0.15, 0.2) is 0 Å². The molecule has 0 bridgehead atoms. The fourth-order valence-electron chi connectivity index (χ4n) is 2.33. The number of likely N-dealkylation sites (tertiary alicyclic amines) is 1. The maximum absolute atomic E-state index is 12.1. The van der Waals surface area contributed by atoms with Crippen LogP contribution in [-0.2, 0) is 0 Å². The van der Waals surface area contributed by atoms with Gasteiger partial charge < -0.3 is 4.90 Å². The van der Waals surface area contributed by atoms with Crippen molar-refractivity contribution in [2.75, 3.05) is 13.1 Å². The zero-order valence-electron chi connectivity index (χ0n) is 9.78. The molecule has 0 aliphatic carbocycles. The molecule has 1 amide bonds. The van der Waals surface area contributed by atoms with Crippen LogP contribution in [0.2, 0.25) is 0 Å². The molecule has 0 spiro atoms. The minimum absolute atomic E-state index is 0.116. The number of carbonyl (C=O) groups excluding carboxylic acids is 1. The molecule has 0 saturated carbocycles. The van der Waals surface area contributed by atoms with Gasteiger partial charge in [-0.25, -0.2) is 0 Å². The van der Waals surface area contributed by atoms with Crippen LogP contribution < -0.4 is 0 Å². The van der Waals surface area contributed by atoms with Crippen LogP contribution in [0.4, 0.5) is 0 Å². The number of hydrogen-bond donors (Lipinski definition) is 1. The van der Waals surface area contributed by atoms with Gasteiger partial charge in [0.2, 0.25) is 0 Å². The standard InChI is InChI=1S/C12H19N3O/c1-2-10-4-3-6-15(7-5-10)12(16)11-8-13-14-9-11/h8-10H,2-7H2,1H3,(H,13,14). The third kappa shape index (κ3) is 2.43. The highest BCUT2D eigenvalue weighted by molar-refractivity contribution is 5.93. The molecule has 1 aliphatic heterocycles. The quantitative estimate of drug-likeness (QED) is 0.831. The van der Waals surface area contributed by atoms with Crippen molar-refractivity contribution in [2.45, 2.75) is 32.6 Å². The van der Waals surface area contributed by atoms with Crippen molar-refractivity contribution in [3.05, 3.63) is 18.0 Å². The van der Waals surface area contributed by atoms with E-state index in [1.807, 2.05) is 4.90 Å². The fourth-order valence-corrected chi connectivity index (χ4v) is 2.33. The molecule has 4 heteroatoms. The second-order valence-electron chi connectivity index (χ2n) is 4.48. The normalized spacial score (nSPS) is 21.8. The number of aromatic amines is 1. The molecule has 1 unspecified atom stereocenters. The lowest BCUT2D eigenvalue weighted by Crippen LogP contribution is -2.31. The molecule has 4 nitrogen and oxygen atoms in total. The van der Waals surface area contributed by atoms with Crippen LogP contribution in [0.15, 0.2) is 12.4 Å². The molecule has 1 N–H and O–H groups in total. The topological polar surface area (TPSA) is 49.0 Å². The van der Waals surface area contributed by atoms with Gasteiger partial charge in [-0.15, -0.1) is 0 Å². The minimum Gasteiger partial charge on any atom is -0.339 e. The summed E-state index contributed by atoms with van der Waals surface area (Å²) >= 11 is 0. The van der Waals surface area contributed by atoms with Crippen molar-refractivity contribution in [1.82, 2.24) is 15.1 Å². The Kier molecular flexibility index (Phi) is 3.59. The number of carbonyl (C=O) groups is 1. The van der Waals surface area contributed by atoms with Gasteiger partial charge in [-0.3, -0.25) is 9.89 Å². The molecule has 1 atom stereocenters. The van der Waals surface area contributed by atoms with Crippen LogP contribution in [0.25, 0.3) is 0 Å². The Morgan fingerprint density at radius 2 is 2.44 bits per heavy atom. The number of nitrogens with zero attached hydrogens (tertiary/aromatic N) is 2. The summed E-state index contributed by atoms with van der Waals surface area (Å²) < 4.78 is 0. The minimum atomic E-state index is 0.116. The molecule has 0 aromatic carbocycles. The molecule has 2 rings (SSSR count). The van der Waals surface area contributed by atoms with E-state index >= 15 is 0 Å². The maximum Gasteiger partial charge on any atom is 0.257 e. The molecular weight excluding hydrogens is 202 g/mol. The second-order valence-corrected chi connectivity index (χ2v) is 4.48. The van der Waals surface area contributed by atoms with E-state index in [9.17, 15) is 4.79 Å². The SMILES string of the molecule is CCC1CCCN(C(=O)c2cn[nH]c2)CC1. The average Bonchev–Trinajstić information content (AvgIpc) is 2.73. The largest absolute Gasteiger partial charge is 0.339 e. The molecule has 1 aliphatic rings. The van der Waals surface area contributed by atoms with E-state index in [4.69, 9.17) is 0 Å². The Hall–Kier alpha value is -1.32. The summed E-state index contributed by atoms with van der Waals surface area (Å²) in [7, 11) is 0. The van der Waals surface area contributed by atoms with Crippen LogP contribution in [-0.4, -0.2) is 34.1 Å². The van der Waals surface area contributed by atoms with Crippen molar-refractivity contribution in [3.8, 4) is 0 Å². The van der Waals surface area contributed by atoms with Gasteiger partial charge in [0.1, 0.15) is 0 Å². The van der Waals surface area contributed by atoms with E-state index in [1.54, 1.807) is 12.4 Å². The van der Waals surface area contributed by atoms with Gasteiger partial charge in [-0.05, 0) is 25.2 Å². The highest BCUT2D eigenvalue weighted by Crippen LogP contribution is 2.21. The zero-order valence-corrected chi connectivity index (χ0v) is 9.78. The summed E-state index contributed by atoms with van der Waals surface area (Å²) in [6, 6.07) is 0. The third-order valence-corrected chi connectivity index (χ3v) is 3.46. The van der Waals surface area contributed by atoms with E-state index in [-0.39, 0.29) is 5.91 Å². The smallest absolute Gasteiger partial charge is 0.257 e. The number of H-pyrrole nitrogens is 1. The first-order chi connectivity index (χ1) is 7.81. The predicted octanol–water partition coefficient (Wildman–Crippen LogP) is 2.06. The number of amides is 1. The molecule has 1 fully saturated rings. The molecular formula is C12H19N3O. The van der Waals surface area contributed by atoms with E-state index in [0.717, 1.165) is 31.8 Å². The van der Waals surface area contributed by atoms with Crippen molar-refractivity contribution in [2.24, 2.45) is 5.92 Å². The highest BCUT2D eigenvalue weighted by Gasteiger charge is 2.21. The Bertz CT molecular complexity index is 334. The molecule has 1 aromatic heterocycles. The highest BCUT2D eigenvalue weighted by atomic mass is 16.2. The van der Waals surface area contributed by atoms with Crippen molar-refractivity contribution >= 4 is 5.91 Å². The molecule has 88 valence electrons. The van der Waals surface area contributed by atoms with E-state index in [0.29, 0.717) is 5.56 Å². The molecule has 0 radical (unpaired) electrons. The molecule has 1 saturated heterocycles. The van der Waals surface area contributed by atoms with Gasteiger partial charge in [-0.2, -0.15) is 5.10 Å². The van der Waals surface area contributed by atoms with Gasteiger partial charge in [-0.1, -0.05) is 13.3 Å². The summed E-state index contributed by atoms with van der Waals surface area (Å²) in [6.45, 7) is 4.02. The van der Waals surface area contributed by atoms with E-state index in [2.05, 4.69) is 17.1 Å². The number of aromatic nitrogens is 2. The molecule has 1 aromatic rings. The van der Waals surface area contributed by atoms with E-state index < -0.39 is 0 Å². The monoisotopic (exact) mass is 221 g/mol. The lowest BCUT2D eigenvalue weighted by molar-refractivity contribution is 0.0760. The Morgan fingerprint density at radius 3 is 3.12 bits per heavy atom. The Morgan fingerprint density at radius 1 is 1.56 bits per heavy atom. The van der Waals surface area contributed by atoms with Crippen LogP contribution in [0, 0.1) is 5.92 Å². The van der Waals surface area contributed by atoms with Crippen molar-refractivity contribution in [1.29, 1.82) is 0 Å². The van der Waals surface area contributed by atoms with Crippen LogP contribution in [0.5, 0.6) is 0 Å². The van der Waals surface area contributed by atoms with Crippen LogP contribution >= 0.6 is 0 Å². The van der Waals surface area contributed by atoms with Crippen LogP contribution in [0.1, 0.15) is 43.0 Å². The Balaban J connectivity index is 1.97.